The van der Waals surface area contributed by atoms with E-state index < -0.39 is 14.6 Å². The van der Waals surface area contributed by atoms with Gasteiger partial charge in [-0.2, -0.15) is 5.26 Å². The Bertz CT molecular complexity index is 1010. The highest BCUT2D eigenvalue weighted by Gasteiger charge is 2.51. The molecule has 1 aromatic rings. The third kappa shape index (κ3) is 4.60. The fraction of sp³-hybridized carbons (Fsp3) is 0.652. The van der Waals surface area contributed by atoms with Crippen LogP contribution in [0.15, 0.2) is 29.2 Å². The third-order valence-electron chi connectivity index (χ3n) is 6.83. The second-order valence-corrected chi connectivity index (χ2v) is 12.7. The maximum absolute atomic E-state index is 12.8. The second-order valence-electron chi connectivity index (χ2n) is 9.99. The first-order valence-corrected chi connectivity index (χ1v) is 13.0. The number of nitrogens with one attached hydrogen (secondary N) is 3. The molecule has 3 aliphatic heterocycles. The summed E-state index contributed by atoms with van der Waals surface area (Å²) in [5.74, 6) is -0.556. The molecule has 3 fully saturated rings. The SMILES string of the molecule is CC(C)(C)S(=O)(=O)c1ccc(NC2NN([C@@H]3COCCC[C@H]3C#N)C3CCNC(=O)C23)cc1. The van der Waals surface area contributed by atoms with E-state index in [0.29, 0.717) is 25.4 Å². The summed E-state index contributed by atoms with van der Waals surface area (Å²) in [5.41, 5.74) is 4.17. The lowest BCUT2D eigenvalue weighted by atomic mass is 9.89. The highest BCUT2D eigenvalue weighted by atomic mass is 32.2. The maximum Gasteiger partial charge on any atom is 0.228 e. The van der Waals surface area contributed by atoms with Crippen LogP contribution in [0.3, 0.4) is 0 Å². The maximum atomic E-state index is 12.8. The average molecular weight is 476 g/mol. The molecule has 0 spiro atoms. The first-order valence-electron chi connectivity index (χ1n) is 11.5. The number of hydrazine groups is 1. The molecule has 1 aromatic carbocycles. The van der Waals surface area contributed by atoms with Crippen molar-refractivity contribution in [3.8, 4) is 6.07 Å². The van der Waals surface area contributed by atoms with Crippen LogP contribution in [0.4, 0.5) is 5.69 Å². The molecule has 3 saturated heterocycles. The van der Waals surface area contributed by atoms with Gasteiger partial charge < -0.3 is 15.4 Å². The van der Waals surface area contributed by atoms with Gasteiger partial charge in [0, 0.05) is 24.9 Å². The van der Waals surface area contributed by atoms with Crippen LogP contribution in [-0.4, -0.2) is 62.1 Å². The molecule has 3 unspecified atom stereocenters. The van der Waals surface area contributed by atoms with E-state index >= 15 is 0 Å². The standard InChI is InChI=1S/C23H33N5O4S/c1-23(2,3)33(30,31)17-8-6-16(7-9-17)26-21-20-18(10-11-25-22(20)29)28(27-21)19-14-32-12-4-5-15(19)13-24/h6-9,15,18-21,26-27H,4-5,10-12,14H2,1-3H3,(H,25,29)/t15-,18?,19+,20?,21?/m0/s1. The minimum absolute atomic E-state index is 0.0336. The molecule has 0 radical (unpaired) electrons. The summed E-state index contributed by atoms with van der Waals surface area (Å²) >= 11 is 0. The molecule has 9 nitrogen and oxygen atoms in total. The number of rotatable bonds is 4. The van der Waals surface area contributed by atoms with E-state index in [1.807, 2.05) is 0 Å². The zero-order valence-corrected chi connectivity index (χ0v) is 20.2. The largest absolute Gasteiger partial charge is 0.380 e. The van der Waals surface area contributed by atoms with Crippen LogP contribution in [0, 0.1) is 23.2 Å². The van der Waals surface area contributed by atoms with Crippen molar-refractivity contribution in [3.05, 3.63) is 24.3 Å². The summed E-state index contributed by atoms with van der Waals surface area (Å²) in [6.07, 6.45) is 2.01. The highest BCUT2D eigenvalue weighted by molar-refractivity contribution is 7.92. The third-order valence-corrected chi connectivity index (χ3v) is 9.34. The fourth-order valence-electron chi connectivity index (χ4n) is 4.91. The van der Waals surface area contributed by atoms with Crippen molar-refractivity contribution in [2.45, 2.75) is 67.9 Å². The van der Waals surface area contributed by atoms with Gasteiger partial charge in [0.25, 0.3) is 0 Å². The zero-order valence-electron chi connectivity index (χ0n) is 19.4. The predicted octanol–water partition coefficient (Wildman–Crippen LogP) is 1.64. The average Bonchev–Trinajstić information content (AvgIpc) is 2.97. The Labute approximate surface area is 195 Å². The number of anilines is 1. The van der Waals surface area contributed by atoms with Crippen LogP contribution in [0.5, 0.6) is 0 Å². The molecule has 10 heteroatoms. The summed E-state index contributed by atoms with van der Waals surface area (Å²) in [6, 6.07) is 8.89. The number of fused-ring (bicyclic) bond motifs is 1. The van der Waals surface area contributed by atoms with Gasteiger partial charge in [0.05, 0.1) is 40.2 Å². The van der Waals surface area contributed by atoms with Gasteiger partial charge in [-0.25, -0.2) is 18.9 Å². The Kier molecular flexibility index (Phi) is 6.69. The monoisotopic (exact) mass is 475 g/mol. The summed E-state index contributed by atoms with van der Waals surface area (Å²) in [7, 11) is -3.44. The molecule has 33 heavy (non-hydrogen) atoms. The summed E-state index contributed by atoms with van der Waals surface area (Å²) < 4.78 is 30.3. The molecule has 3 N–H and O–H groups in total. The van der Waals surface area contributed by atoms with E-state index in [2.05, 4.69) is 27.1 Å². The summed E-state index contributed by atoms with van der Waals surface area (Å²) in [4.78, 5) is 13.1. The fourth-order valence-corrected chi connectivity index (χ4v) is 6.11. The second kappa shape index (κ2) is 9.22. The van der Waals surface area contributed by atoms with Crippen molar-refractivity contribution in [1.29, 1.82) is 5.26 Å². The Balaban J connectivity index is 1.56. The van der Waals surface area contributed by atoms with Gasteiger partial charge >= 0.3 is 0 Å². The molecule has 3 heterocycles. The minimum atomic E-state index is -3.44. The molecule has 0 aromatic heterocycles. The van der Waals surface area contributed by atoms with Crippen molar-refractivity contribution in [1.82, 2.24) is 15.8 Å². The first kappa shape index (κ1) is 24.0. The van der Waals surface area contributed by atoms with Gasteiger partial charge in [-0.05, 0) is 64.3 Å². The van der Waals surface area contributed by atoms with Crippen LogP contribution in [-0.2, 0) is 19.4 Å². The molecular formula is C23H33N5O4S. The Morgan fingerprint density at radius 2 is 1.91 bits per heavy atom. The van der Waals surface area contributed by atoms with Crippen LogP contribution < -0.4 is 16.1 Å². The van der Waals surface area contributed by atoms with Crippen LogP contribution in [0.25, 0.3) is 0 Å². The lowest BCUT2D eigenvalue weighted by Crippen LogP contribution is -2.54. The van der Waals surface area contributed by atoms with Crippen LogP contribution >= 0.6 is 0 Å². The number of hydrogen-bond acceptors (Lipinski definition) is 8. The number of benzene rings is 1. The molecule has 0 saturated carbocycles. The van der Waals surface area contributed by atoms with Crippen molar-refractivity contribution in [2.75, 3.05) is 25.1 Å². The number of carbonyl (C=O) groups excluding carboxylic acids is 1. The van der Waals surface area contributed by atoms with Gasteiger partial charge in [0.15, 0.2) is 9.84 Å². The molecule has 180 valence electrons. The molecule has 3 aliphatic rings. The number of nitrogens with zero attached hydrogens (tertiary/aromatic N) is 2. The lowest BCUT2D eigenvalue weighted by molar-refractivity contribution is -0.128. The number of nitriles is 1. The van der Waals surface area contributed by atoms with Gasteiger partial charge in [-0.1, -0.05) is 0 Å². The Morgan fingerprint density at radius 1 is 1.18 bits per heavy atom. The number of amides is 1. The topological polar surface area (TPSA) is 124 Å². The molecule has 0 aliphatic carbocycles. The van der Waals surface area contributed by atoms with Crippen molar-refractivity contribution in [3.63, 3.8) is 0 Å². The summed E-state index contributed by atoms with van der Waals surface area (Å²) in [6.45, 7) is 6.72. The minimum Gasteiger partial charge on any atom is -0.380 e. The molecule has 4 rings (SSSR count). The Hall–Kier alpha value is -2.19. The Morgan fingerprint density at radius 3 is 2.58 bits per heavy atom. The van der Waals surface area contributed by atoms with E-state index in [-0.39, 0.29) is 40.9 Å². The highest BCUT2D eigenvalue weighted by Crippen LogP contribution is 2.34. The van der Waals surface area contributed by atoms with Gasteiger partial charge in [-0.15, -0.1) is 0 Å². The molecule has 0 bridgehead atoms. The van der Waals surface area contributed by atoms with E-state index in [9.17, 15) is 18.5 Å². The first-order chi connectivity index (χ1) is 15.6. The lowest BCUT2D eigenvalue weighted by Gasteiger charge is -2.36. The summed E-state index contributed by atoms with van der Waals surface area (Å²) in [5, 5.41) is 18.1. The number of hydrogen-bond donors (Lipinski definition) is 3. The number of carbonyl (C=O) groups is 1. The molecular weight excluding hydrogens is 442 g/mol. The predicted molar refractivity (Wildman–Crippen MR) is 124 cm³/mol. The van der Waals surface area contributed by atoms with Crippen molar-refractivity contribution in [2.24, 2.45) is 11.8 Å². The van der Waals surface area contributed by atoms with Crippen molar-refractivity contribution < 1.29 is 17.9 Å². The molecule has 1 amide bonds. The van der Waals surface area contributed by atoms with E-state index in [0.717, 1.165) is 19.3 Å². The number of sulfone groups is 1. The zero-order chi connectivity index (χ0) is 23.8. The smallest absolute Gasteiger partial charge is 0.228 e. The van der Waals surface area contributed by atoms with Gasteiger partial charge in [0.2, 0.25) is 5.91 Å². The van der Waals surface area contributed by atoms with Crippen molar-refractivity contribution >= 4 is 21.4 Å². The van der Waals surface area contributed by atoms with E-state index in [1.54, 1.807) is 45.0 Å². The van der Waals surface area contributed by atoms with Crippen LogP contribution in [0.2, 0.25) is 0 Å². The number of ether oxygens (including phenoxy) is 1. The van der Waals surface area contributed by atoms with E-state index in [4.69, 9.17) is 4.74 Å². The molecule has 5 atom stereocenters. The quantitative estimate of drug-likeness (QED) is 0.601. The van der Waals surface area contributed by atoms with Gasteiger partial charge in [-0.3, -0.25) is 4.79 Å². The normalized spacial score (nSPS) is 31.2. The van der Waals surface area contributed by atoms with Gasteiger partial charge in [0.1, 0.15) is 6.17 Å². The van der Waals surface area contributed by atoms with Crippen LogP contribution in [0.1, 0.15) is 40.0 Å². The van der Waals surface area contributed by atoms with E-state index in [1.165, 1.54) is 0 Å². The number of piperidine rings is 1.